The van der Waals surface area contributed by atoms with Crippen LogP contribution in [-0.4, -0.2) is 23.4 Å². The standard InChI is InChI=1S/C20H34O2.C2H6/c1-3-4-5-6-7-8-9-18-10-12-19(13-11-18)14-15-20(2,16-21)17-22;1-2/h10-13,21-22H,3-9,14-17H2,1-2H3;1-2H3. The highest BCUT2D eigenvalue weighted by Gasteiger charge is 2.21. The van der Waals surface area contributed by atoms with Gasteiger partial charge in [0.1, 0.15) is 0 Å². The number of benzene rings is 1. The molecule has 0 heterocycles. The Morgan fingerprint density at radius 1 is 0.750 bits per heavy atom. The largest absolute Gasteiger partial charge is 0.396 e. The Morgan fingerprint density at radius 2 is 1.21 bits per heavy atom. The van der Waals surface area contributed by atoms with Crippen LogP contribution in [0, 0.1) is 5.41 Å². The lowest BCUT2D eigenvalue weighted by molar-refractivity contribution is 0.0631. The Bertz CT molecular complexity index is 379. The van der Waals surface area contributed by atoms with Crippen molar-refractivity contribution in [3.63, 3.8) is 0 Å². The predicted octanol–water partition coefficient (Wildman–Crippen LogP) is 5.54. The van der Waals surface area contributed by atoms with E-state index in [4.69, 9.17) is 0 Å². The Balaban J connectivity index is 0.00000254. The molecule has 2 N–H and O–H groups in total. The minimum Gasteiger partial charge on any atom is -0.396 e. The first-order valence-corrected chi connectivity index (χ1v) is 9.93. The quantitative estimate of drug-likeness (QED) is 0.492. The summed E-state index contributed by atoms with van der Waals surface area (Å²) in [5, 5.41) is 18.6. The van der Waals surface area contributed by atoms with E-state index in [0.29, 0.717) is 0 Å². The van der Waals surface area contributed by atoms with Crippen LogP contribution in [0.5, 0.6) is 0 Å². The first-order valence-electron chi connectivity index (χ1n) is 9.93. The molecule has 0 fully saturated rings. The second kappa shape index (κ2) is 14.5. The molecule has 0 aromatic heterocycles. The van der Waals surface area contributed by atoms with Crippen LogP contribution >= 0.6 is 0 Å². The molecule has 0 saturated heterocycles. The maximum atomic E-state index is 9.32. The van der Waals surface area contributed by atoms with Crippen LogP contribution in [0.4, 0.5) is 0 Å². The molecule has 0 spiro atoms. The summed E-state index contributed by atoms with van der Waals surface area (Å²) in [4.78, 5) is 0. The number of aliphatic hydroxyl groups excluding tert-OH is 2. The fourth-order valence-electron chi connectivity index (χ4n) is 2.64. The SMILES string of the molecule is CC.CCCCCCCCc1ccc(CCC(C)(CO)CO)cc1. The van der Waals surface area contributed by atoms with Gasteiger partial charge in [0.05, 0.1) is 13.2 Å². The zero-order valence-electron chi connectivity index (χ0n) is 16.5. The summed E-state index contributed by atoms with van der Waals surface area (Å²) in [5.74, 6) is 0. The topological polar surface area (TPSA) is 40.5 Å². The second-order valence-corrected chi connectivity index (χ2v) is 6.96. The van der Waals surface area contributed by atoms with Crippen LogP contribution in [0.2, 0.25) is 0 Å². The molecule has 2 nitrogen and oxygen atoms in total. The van der Waals surface area contributed by atoms with Crippen LogP contribution in [0.25, 0.3) is 0 Å². The second-order valence-electron chi connectivity index (χ2n) is 6.96. The fraction of sp³-hybridized carbons (Fsp3) is 0.727. The molecule has 2 heteroatoms. The van der Waals surface area contributed by atoms with Crippen molar-refractivity contribution in [2.45, 2.75) is 85.5 Å². The van der Waals surface area contributed by atoms with Crippen LogP contribution in [0.15, 0.2) is 24.3 Å². The summed E-state index contributed by atoms with van der Waals surface area (Å²) in [5.41, 5.74) is 2.35. The molecule has 0 atom stereocenters. The first-order chi connectivity index (χ1) is 11.6. The van der Waals surface area contributed by atoms with Gasteiger partial charge in [0.15, 0.2) is 0 Å². The van der Waals surface area contributed by atoms with E-state index >= 15 is 0 Å². The average Bonchev–Trinajstić information content (AvgIpc) is 2.65. The summed E-state index contributed by atoms with van der Waals surface area (Å²) >= 11 is 0. The summed E-state index contributed by atoms with van der Waals surface area (Å²) in [6.45, 7) is 8.27. The van der Waals surface area contributed by atoms with Crippen molar-refractivity contribution < 1.29 is 10.2 Å². The molecule has 140 valence electrons. The van der Waals surface area contributed by atoms with Gasteiger partial charge in [-0.25, -0.2) is 0 Å². The van der Waals surface area contributed by atoms with E-state index in [9.17, 15) is 10.2 Å². The van der Waals surface area contributed by atoms with Gasteiger partial charge in [0.2, 0.25) is 0 Å². The number of unbranched alkanes of at least 4 members (excludes halogenated alkanes) is 5. The van der Waals surface area contributed by atoms with Gasteiger partial charge in [-0.15, -0.1) is 0 Å². The Morgan fingerprint density at radius 3 is 1.71 bits per heavy atom. The van der Waals surface area contributed by atoms with Crippen LogP contribution in [0.3, 0.4) is 0 Å². The molecular formula is C22H40O2. The van der Waals surface area contributed by atoms with E-state index in [0.717, 1.165) is 12.8 Å². The molecule has 0 saturated carbocycles. The van der Waals surface area contributed by atoms with Gasteiger partial charge in [0.25, 0.3) is 0 Å². The predicted molar refractivity (Wildman–Crippen MR) is 105 cm³/mol. The zero-order valence-corrected chi connectivity index (χ0v) is 16.5. The van der Waals surface area contributed by atoms with Crippen molar-refractivity contribution in [2.75, 3.05) is 13.2 Å². The normalized spacial score (nSPS) is 11.1. The summed E-state index contributed by atoms with van der Waals surface area (Å²) in [6.07, 6.45) is 11.0. The van der Waals surface area contributed by atoms with E-state index in [1.165, 1.54) is 56.1 Å². The minimum absolute atomic E-state index is 0.0413. The van der Waals surface area contributed by atoms with E-state index in [2.05, 4.69) is 31.2 Å². The number of hydrogen-bond donors (Lipinski definition) is 2. The smallest absolute Gasteiger partial charge is 0.0506 e. The molecule has 0 amide bonds. The van der Waals surface area contributed by atoms with E-state index in [-0.39, 0.29) is 18.6 Å². The molecule has 0 aliphatic heterocycles. The number of hydrogen-bond acceptors (Lipinski definition) is 2. The summed E-state index contributed by atoms with van der Waals surface area (Å²) < 4.78 is 0. The lowest BCUT2D eigenvalue weighted by atomic mass is 9.86. The third kappa shape index (κ3) is 10.1. The summed E-state index contributed by atoms with van der Waals surface area (Å²) in [7, 11) is 0. The van der Waals surface area contributed by atoms with E-state index < -0.39 is 0 Å². The minimum atomic E-state index is -0.364. The molecular weight excluding hydrogens is 296 g/mol. The molecule has 1 aromatic rings. The van der Waals surface area contributed by atoms with Gasteiger partial charge >= 0.3 is 0 Å². The molecule has 24 heavy (non-hydrogen) atoms. The zero-order chi connectivity index (χ0) is 18.3. The van der Waals surface area contributed by atoms with Crippen molar-refractivity contribution >= 4 is 0 Å². The third-order valence-corrected chi connectivity index (χ3v) is 4.62. The van der Waals surface area contributed by atoms with Gasteiger partial charge in [-0.3, -0.25) is 0 Å². The van der Waals surface area contributed by atoms with Gasteiger partial charge in [0, 0.05) is 5.41 Å². The molecule has 0 radical (unpaired) electrons. The van der Waals surface area contributed by atoms with Gasteiger partial charge in [-0.1, -0.05) is 84.1 Å². The molecule has 1 aromatic carbocycles. The van der Waals surface area contributed by atoms with Gasteiger partial charge in [-0.2, -0.15) is 0 Å². The van der Waals surface area contributed by atoms with E-state index in [1.807, 2.05) is 20.8 Å². The van der Waals surface area contributed by atoms with Gasteiger partial charge in [-0.05, 0) is 36.8 Å². The average molecular weight is 337 g/mol. The van der Waals surface area contributed by atoms with Crippen molar-refractivity contribution in [2.24, 2.45) is 5.41 Å². The fourth-order valence-corrected chi connectivity index (χ4v) is 2.64. The Labute approximate surface area is 150 Å². The Kier molecular flexibility index (Phi) is 14.0. The molecule has 0 aliphatic rings. The maximum absolute atomic E-state index is 9.32. The molecule has 0 unspecified atom stereocenters. The monoisotopic (exact) mass is 336 g/mol. The number of aryl methyl sites for hydroxylation is 2. The third-order valence-electron chi connectivity index (χ3n) is 4.62. The van der Waals surface area contributed by atoms with Gasteiger partial charge < -0.3 is 10.2 Å². The molecule has 0 bridgehead atoms. The van der Waals surface area contributed by atoms with Crippen molar-refractivity contribution in [3.05, 3.63) is 35.4 Å². The number of rotatable bonds is 12. The van der Waals surface area contributed by atoms with Crippen LogP contribution in [0.1, 0.15) is 83.8 Å². The summed E-state index contributed by atoms with van der Waals surface area (Å²) in [6, 6.07) is 8.86. The van der Waals surface area contributed by atoms with E-state index in [1.54, 1.807) is 0 Å². The lowest BCUT2D eigenvalue weighted by Crippen LogP contribution is -2.26. The highest BCUT2D eigenvalue weighted by atomic mass is 16.3. The van der Waals surface area contributed by atoms with Crippen LogP contribution in [-0.2, 0) is 12.8 Å². The molecule has 0 aliphatic carbocycles. The van der Waals surface area contributed by atoms with Crippen molar-refractivity contribution in [1.29, 1.82) is 0 Å². The van der Waals surface area contributed by atoms with Crippen LogP contribution < -0.4 is 0 Å². The lowest BCUT2D eigenvalue weighted by Gasteiger charge is -2.24. The maximum Gasteiger partial charge on any atom is 0.0506 e. The molecule has 1 rings (SSSR count). The number of aliphatic hydroxyl groups is 2. The first kappa shape index (κ1) is 23.1. The van der Waals surface area contributed by atoms with Crippen molar-refractivity contribution in [1.82, 2.24) is 0 Å². The highest BCUT2D eigenvalue weighted by Crippen LogP contribution is 2.22. The van der Waals surface area contributed by atoms with Crippen molar-refractivity contribution in [3.8, 4) is 0 Å². The Hall–Kier alpha value is -0.860. The highest BCUT2D eigenvalue weighted by molar-refractivity contribution is 5.22.